The van der Waals surface area contributed by atoms with Gasteiger partial charge in [0.25, 0.3) is 0 Å². The fourth-order valence-electron chi connectivity index (χ4n) is 3.14. The molecule has 0 saturated carbocycles. The zero-order valence-electron chi connectivity index (χ0n) is 13.6. The van der Waals surface area contributed by atoms with Crippen molar-refractivity contribution in [2.75, 3.05) is 45.1 Å². The van der Waals surface area contributed by atoms with Crippen molar-refractivity contribution in [1.29, 1.82) is 0 Å². The summed E-state index contributed by atoms with van der Waals surface area (Å²) in [4.78, 5) is 16.9. The minimum Gasteiger partial charge on any atom is -0.330 e. The molecule has 1 N–H and O–H groups in total. The molecule has 5 nitrogen and oxygen atoms in total. The summed E-state index contributed by atoms with van der Waals surface area (Å²) < 4.78 is 2.06. The number of aromatic nitrogens is 1. The SMILES string of the molecule is Cc1c(NC(=O)CN2CCN(C)CC2)n(C)c2ccccc12. The van der Waals surface area contributed by atoms with Gasteiger partial charge in [-0.1, -0.05) is 18.2 Å². The van der Waals surface area contributed by atoms with Crippen molar-refractivity contribution in [3.63, 3.8) is 0 Å². The van der Waals surface area contributed by atoms with Crippen molar-refractivity contribution in [2.45, 2.75) is 6.92 Å². The maximum absolute atomic E-state index is 12.4. The highest BCUT2D eigenvalue weighted by Crippen LogP contribution is 2.28. The van der Waals surface area contributed by atoms with E-state index in [1.54, 1.807) is 0 Å². The lowest BCUT2D eigenvalue weighted by atomic mass is 10.2. The Bertz CT molecular complexity index is 644. The molecule has 1 aromatic heterocycles. The Hall–Kier alpha value is -1.85. The number of nitrogens with zero attached hydrogens (tertiary/aromatic N) is 3. The van der Waals surface area contributed by atoms with Gasteiger partial charge in [-0.05, 0) is 25.6 Å². The van der Waals surface area contributed by atoms with E-state index in [2.05, 4.69) is 45.8 Å². The van der Waals surface area contributed by atoms with Gasteiger partial charge in [0, 0.05) is 44.1 Å². The number of carbonyl (C=O) groups is 1. The van der Waals surface area contributed by atoms with Crippen LogP contribution < -0.4 is 5.32 Å². The van der Waals surface area contributed by atoms with Crippen LogP contribution in [-0.2, 0) is 11.8 Å². The molecule has 1 saturated heterocycles. The van der Waals surface area contributed by atoms with Gasteiger partial charge in [0.1, 0.15) is 5.82 Å². The molecule has 0 spiro atoms. The van der Waals surface area contributed by atoms with Crippen molar-refractivity contribution in [1.82, 2.24) is 14.4 Å². The summed E-state index contributed by atoms with van der Waals surface area (Å²) in [6, 6.07) is 8.24. The number of rotatable bonds is 3. The number of hydrogen-bond donors (Lipinski definition) is 1. The smallest absolute Gasteiger partial charge is 0.239 e. The monoisotopic (exact) mass is 300 g/mol. The topological polar surface area (TPSA) is 40.5 Å². The van der Waals surface area contributed by atoms with Crippen LogP contribution >= 0.6 is 0 Å². The number of amides is 1. The Morgan fingerprint density at radius 2 is 1.82 bits per heavy atom. The lowest BCUT2D eigenvalue weighted by molar-refractivity contribution is -0.117. The first kappa shape index (κ1) is 15.1. The van der Waals surface area contributed by atoms with Crippen LogP contribution in [0, 0.1) is 6.92 Å². The molecule has 0 unspecified atom stereocenters. The van der Waals surface area contributed by atoms with Crippen LogP contribution in [0.5, 0.6) is 0 Å². The van der Waals surface area contributed by atoms with E-state index in [0.29, 0.717) is 6.54 Å². The lowest BCUT2D eigenvalue weighted by Crippen LogP contribution is -2.47. The zero-order chi connectivity index (χ0) is 15.7. The fraction of sp³-hybridized carbons (Fsp3) is 0.471. The van der Waals surface area contributed by atoms with E-state index in [0.717, 1.165) is 43.1 Å². The number of likely N-dealkylation sites (N-methyl/N-ethyl adjacent to an activating group) is 1. The number of benzene rings is 1. The molecule has 22 heavy (non-hydrogen) atoms. The van der Waals surface area contributed by atoms with E-state index < -0.39 is 0 Å². The second-order valence-corrected chi connectivity index (χ2v) is 6.18. The molecule has 1 aliphatic heterocycles. The number of fused-ring (bicyclic) bond motifs is 1. The maximum atomic E-state index is 12.4. The van der Waals surface area contributed by atoms with E-state index in [4.69, 9.17) is 0 Å². The summed E-state index contributed by atoms with van der Waals surface area (Å²) in [5, 5.41) is 4.29. The van der Waals surface area contributed by atoms with Gasteiger partial charge in [0.2, 0.25) is 5.91 Å². The fourth-order valence-corrected chi connectivity index (χ4v) is 3.14. The number of para-hydroxylation sites is 1. The summed E-state index contributed by atoms with van der Waals surface area (Å²) in [5.41, 5.74) is 2.28. The molecule has 0 radical (unpaired) electrons. The molecular weight excluding hydrogens is 276 g/mol. The van der Waals surface area contributed by atoms with Gasteiger partial charge >= 0.3 is 0 Å². The van der Waals surface area contributed by atoms with Gasteiger partial charge in [-0.25, -0.2) is 0 Å². The second-order valence-electron chi connectivity index (χ2n) is 6.18. The van der Waals surface area contributed by atoms with Gasteiger partial charge in [0.15, 0.2) is 0 Å². The first-order valence-electron chi connectivity index (χ1n) is 7.81. The Balaban J connectivity index is 1.72. The molecule has 1 aliphatic rings. The normalized spacial score (nSPS) is 17.0. The Kier molecular flexibility index (Phi) is 4.18. The van der Waals surface area contributed by atoms with Gasteiger partial charge in [-0.2, -0.15) is 0 Å². The van der Waals surface area contributed by atoms with E-state index in [1.165, 1.54) is 5.39 Å². The second kappa shape index (κ2) is 6.10. The maximum Gasteiger partial charge on any atom is 0.239 e. The van der Waals surface area contributed by atoms with Gasteiger partial charge in [-0.15, -0.1) is 0 Å². The van der Waals surface area contributed by atoms with Crippen molar-refractivity contribution in [3.05, 3.63) is 29.8 Å². The van der Waals surface area contributed by atoms with Crippen LogP contribution in [0.25, 0.3) is 10.9 Å². The van der Waals surface area contributed by atoms with Crippen LogP contribution in [0.4, 0.5) is 5.82 Å². The molecule has 2 aromatic rings. The molecule has 1 amide bonds. The van der Waals surface area contributed by atoms with E-state index in [-0.39, 0.29) is 5.91 Å². The highest BCUT2D eigenvalue weighted by atomic mass is 16.2. The number of piperazine rings is 1. The third-order valence-corrected chi connectivity index (χ3v) is 4.58. The minimum atomic E-state index is 0.0681. The van der Waals surface area contributed by atoms with Crippen LogP contribution in [0.3, 0.4) is 0 Å². The van der Waals surface area contributed by atoms with Crippen LogP contribution in [0.1, 0.15) is 5.56 Å². The number of carbonyl (C=O) groups excluding carboxylic acids is 1. The molecular formula is C17H24N4O. The van der Waals surface area contributed by atoms with E-state index in [9.17, 15) is 4.79 Å². The molecule has 0 aliphatic carbocycles. The highest BCUT2D eigenvalue weighted by molar-refractivity contribution is 5.98. The number of nitrogens with one attached hydrogen (secondary N) is 1. The van der Waals surface area contributed by atoms with Crippen LogP contribution in [0.2, 0.25) is 0 Å². The summed E-state index contributed by atoms with van der Waals surface area (Å²) in [6.07, 6.45) is 0. The first-order chi connectivity index (χ1) is 10.6. The molecule has 0 bridgehead atoms. The van der Waals surface area contributed by atoms with Crippen molar-refractivity contribution in [2.24, 2.45) is 7.05 Å². The zero-order valence-corrected chi connectivity index (χ0v) is 13.6. The Labute approximate surface area is 131 Å². The van der Waals surface area contributed by atoms with Crippen molar-refractivity contribution >= 4 is 22.6 Å². The van der Waals surface area contributed by atoms with Gasteiger partial charge in [0.05, 0.1) is 6.54 Å². The number of hydrogen-bond acceptors (Lipinski definition) is 3. The standard InChI is InChI=1S/C17H24N4O/c1-13-14-6-4-5-7-15(14)20(3)17(13)18-16(22)12-21-10-8-19(2)9-11-21/h4-7H,8-12H2,1-3H3,(H,18,22). The molecule has 1 fully saturated rings. The average molecular weight is 300 g/mol. The predicted molar refractivity (Wildman–Crippen MR) is 90.2 cm³/mol. The average Bonchev–Trinajstić information content (AvgIpc) is 2.75. The Morgan fingerprint density at radius 3 is 2.50 bits per heavy atom. The molecule has 118 valence electrons. The van der Waals surface area contributed by atoms with E-state index >= 15 is 0 Å². The van der Waals surface area contributed by atoms with Crippen molar-refractivity contribution < 1.29 is 4.79 Å². The lowest BCUT2D eigenvalue weighted by Gasteiger charge is -2.31. The van der Waals surface area contributed by atoms with Crippen LogP contribution in [0.15, 0.2) is 24.3 Å². The molecule has 5 heteroatoms. The summed E-state index contributed by atoms with van der Waals surface area (Å²) >= 11 is 0. The summed E-state index contributed by atoms with van der Waals surface area (Å²) in [7, 11) is 4.12. The molecule has 1 aromatic carbocycles. The third-order valence-electron chi connectivity index (χ3n) is 4.58. The first-order valence-corrected chi connectivity index (χ1v) is 7.81. The summed E-state index contributed by atoms with van der Waals surface area (Å²) in [5.74, 6) is 0.971. The molecule has 2 heterocycles. The van der Waals surface area contributed by atoms with Crippen LogP contribution in [-0.4, -0.2) is 60.0 Å². The largest absolute Gasteiger partial charge is 0.330 e. The third kappa shape index (κ3) is 2.87. The molecule has 0 atom stereocenters. The minimum absolute atomic E-state index is 0.0681. The molecule has 3 rings (SSSR count). The highest BCUT2D eigenvalue weighted by Gasteiger charge is 2.18. The quantitative estimate of drug-likeness (QED) is 0.937. The van der Waals surface area contributed by atoms with Crippen molar-refractivity contribution in [3.8, 4) is 0 Å². The van der Waals surface area contributed by atoms with Gasteiger partial charge < -0.3 is 14.8 Å². The number of aryl methyl sites for hydroxylation is 2. The number of anilines is 1. The van der Waals surface area contributed by atoms with Gasteiger partial charge in [-0.3, -0.25) is 9.69 Å². The van der Waals surface area contributed by atoms with E-state index in [1.807, 2.05) is 19.2 Å². The Morgan fingerprint density at radius 1 is 1.14 bits per heavy atom. The summed E-state index contributed by atoms with van der Waals surface area (Å²) in [6.45, 7) is 6.50. The predicted octanol–water partition coefficient (Wildman–Crippen LogP) is 1.67.